The van der Waals surface area contributed by atoms with Crippen LogP contribution in [-0.4, -0.2) is 55.6 Å². The minimum absolute atomic E-state index is 0.180. The first-order chi connectivity index (χ1) is 14.5. The fourth-order valence-corrected chi connectivity index (χ4v) is 4.76. The number of hydrogen-bond acceptors (Lipinski definition) is 8. The molecule has 0 spiro atoms. The zero-order chi connectivity index (χ0) is 22.4. The second-order valence-electron chi connectivity index (χ2n) is 7.83. The summed E-state index contributed by atoms with van der Waals surface area (Å²) in [4.78, 5) is 13.1. The van der Waals surface area contributed by atoms with Gasteiger partial charge in [-0.3, -0.25) is 0 Å². The van der Waals surface area contributed by atoms with E-state index in [4.69, 9.17) is 0 Å². The molecule has 31 heavy (non-hydrogen) atoms. The highest BCUT2D eigenvalue weighted by molar-refractivity contribution is 7.21. The molecular formula is C20H22F3N5O2S. The topological polar surface area (TPSA) is 103 Å². The highest BCUT2D eigenvalue weighted by atomic mass is 32.1. The molecule has 1 aliphatic carbocycles. The van der Waals surface area contributed by atoms with Gasteiger partial charge in [0.05, 0.1) is 33.6 Å². The van der Waals surface area contributed by atoms with Gasteiger partial charge in [-0.2, -0.15) is 18.2 Å². The maximum absolute atomic E-state index is 12.7. The van der Waals surface area contributed by atoms with Crippen molar-refractivity contribution in [2.75, 3.05) is 17.2 Å². The molecule has 1 aromatic carbocycles. The van der Waals surface area contributed by atoms with Crippen LogP contribution >= 0.6 is 11.3 Å². The molecule has 0 saturated heterocycles. The number of nitrogens with zero attached hydrogens (tertiary/aromatic N) is 3. The summed E-state index contributed by atoms with van der Waals surface area (Å²) in [5.74, 6) is 0.0796. The van der Waals surface area contributed by atoms with E-state index in [1.165, 1.54) is 18.3 Å². The number of aliphatic hydroxyl groups is 2. The zero-order valence-electron chi connectivity index (χ0n) is 16.9. The van der Waals surface area contributed by atoms with E-state index < -0.39 is 30.5 Å². The molecule has 0 amide bonds. The second kappa shape index (κ2) is 7.88. The number of alkyl halides is 3. The van der Waals surface area contributed by atoms with Crippen molar-refractivity contribution in [3.05, 3.63) is 30.0 Å². The van der Waals surface area contributed by atoms with Crippen molar-refractivity contribution in [3.8, 4) is 10.6 Å². The number of aryl methyl sites for hydroxylation is 1. The van der Waals surface area contributed by atoms with E-state index in [9.17, 15) is 23.4 Å². The zero-order valence-corrected chi connectivity index (χ0v) is 17.7. The van der Waals surface area contributed by atoms with Crippen molar-refractivity contribution in [1.29, 1.82) is 0 Å². The van der Waals surface area contributed by atoms with Gasteiger partial charge < -0.3 is 20.8 Å². The van der Waals surface area contributed by atoms with Gasteiger partial charge >= 0.3 is 6.18 Å². The van der Waals surface area contributed by atoms with Crippen molar-refractivity contribution >= 4 is 33.3 Å². The van der Waals surface area contributed by atoms with Gasteiger partial charge in [0.2, 0.25) is 5.95 Å². The standard InChI is InChI=1S/C20H22F3N5O2S/c1-10-15(17-26-11-5-3-4-6-12(11)31-17)16(27-13-7-8-14(29)19(13,2)30)28-18(25-10)24-9-20(21,22)23/h3-6,13-14,29-30H,7-9H2,1-2H3,(H2,24,25,27,28). The van der Waals surface area contributed by atoms with Crippen LogP contribution in [0.5, 0.6) is 0 Å². The van der Waals surface area contributed by atoms with Crippen LogP contribution in [-0.2, 0) is 0 Å². The summed E-state index contributed by atoms with van der Waals surface area (Å²) >= 11 is 1.42. The summed E-state index contributed by atoms with van der Waals surface area (Å²) in [6.07, 6.45) is -4.47. The number of benzene rings is 1. The van der Waals surface area contributed by atoms with Crippen LogP contribution in [0.15, 0.2) is 24.3 Å². The number of para-hydroxylation sites is 1. The molecule has 7 nitrogen and oxygen atoms in total. The Balaban J connectivity index is 1.77. The maximum Gasteiger partial charge on any atom is 0.405 e. The number of anilines is 2. The van der Waals surface area contributed by atoms with Gasteiger partial charge in [0.25, 0.3) is 0 Å². The largest absolute Gasteiger partial charge is 0.405 e. The molecule has 1 saturated carbocycles. The summed E-state index contributed by atoms with van der Waals surface area (Å²) in [7, 11) is 0. The molecule has 4 N–H and O–H groups in total. The van der Waals surface area contributed by atoms with Crippen LogP contribution in [0.3, 0.4) is 0 Å². The number of rotatable bonds is 5. The molecule has 0 aliphatic heterocycles. The van der Waals surface area contributed by atoms with Gasteiger partial charge in [0, 0.05) is 0 Å². The Kier molecular flexibility index (Phi) is 5.52. The molecule has 2 heterocycles. The van der Waals surface area contributed by atoms with E-state index >= 15 is 0 Å². The third kappa shape index (κ3) is 4.43. The van der Waals surface area contributed by atoms with Gasteiger partial charge in [-0.25, -0.2) is 9.97 Å². The van der Waals surface area contributed by atoms with Crippen molar-refractivity contribution in [1.82, 2.24) is 15.0 Å². The Hall–Kier alpha value is -2.50. The van der Waals surface area contributed by atoms with Gasteiger partial charge in [-0.05, 0) is 38.8 Å². The Morgan fingerprint density at radius 2 is 1.94 bits per heavy atom. The first-order valence-electron chi connectivity index (χ1n) is 9.77. The van der Waals surface area contributed by atoms with Gasteiger partial charge in [0.15, 0.2) is 0 Å². The highest BCUT2D eigenvalue weighted by Gasteiger charge is 2.45. The molecule has 3 aromatic rings. The Bertz CT molecular complexity index is 1070. The molecular weight excluding hydrogens is 431 g/mol. The van der Waals surface area contributed by atoms with Crippen molar-refractivity contribution in [3.63, 3.8) is 0 Å². The molecule has 11 heteroatoms. The lowest BCUT2D eigenvalue weighted by molar-refractivity contribution is -0.115. The monoisotopic (exact) mass is 453 g/mol. The normalized spacial score (nSPS) is 24.0. The third-order valence-corrected chi connectivity index (χ3v) is 6.52. The summed E-state index contributed by atoms with van der Waals surface area (Å²) in [5, 5.41) is 26.7. The van der Waals surface area contributed by atoms with Crippen LogP contribution in [0, 0.1) is 6.92 Å². The molecule has 3 atom stereocenters. The summed E-state index contributed by atoms with van der Waals surface area (Å²) in [5.41, 5.74) is 0.370. The van der Waals surface area contributed by atoms with E-state index in [-0.39, 0.29) is 11.8 Å². The first kappa shape index (κ1) is 21.7. The van der Waals surface area contributed by atoms with Crippen LogP contribution < -0.4 is 10.6 Å². The molecule has 2 aromatic heterocycles. The SMILES string of the molecule is Cc1nc(NCC(F)(F)F)nc(NC2CCC(O)C2(C)O)c1-c1nc2ccccc2s1. The van der Waals surface area contributed by atoms with Crippen molar-refractivity contribution < 1.29 is 23.4 Å². The van der Waals surface area contributed by atoms with Crippen molar-refractivity contribution in [2.45, 2.75) is 50.6 Å². The third-order valence-electron chi connectivity index (χ3n) is 5.46. The van der Waals surface area contributed by atoms with Gasteiger partial charge in [0.1, 0.15) is 23.0 Å². The predicted molar refractivity (Wildman–Crippen MR) is 113 cm³/mol. The molecule has 1 fully saturated rings. The number of thiazole rings is 1. The Morgan fingerprint density at radius 3 is 2.58 bits per heavy atom. The predicted octanol–water partition coefficient (Wildman–Crippen LogP) is 3.72. The Morgan fingerprint density at radius 1 is 1.19 bits per heavy atom. The smallest absolute Gasteiger partial charge is 0.390 e. The van der Waals surface area contributed by atoms with Gasteiger partial charge in [-0.15, -0.1) is 11.3 Å². The van der Waals surface area contributed by atoms with Crippen LogP contribution in [0.4, 0.5) is 24.9 Å². The summed E-state index contributed by atoms with van der Waals surface area (Å²) in [6, 6.07) is 7.03. The average molecular weight is 453 g/mol. The fourth-order valence-electron chi connectivity index (χ4n) is 3.70. The summed E-state index contributed by atoms with van der Waals surface area (Å²) in [6.45, 7) is 1.93. The van der Waals surface area contributed by atoms with Crippen LogP contribution in [0.2, 0.25) is 0 Å². The number of nitrogens with one attached hydrogen (secondary N) is 2. The quantitative estimate of drug-likeness (QED) is 0.467. The molecule has 4 rings (SSSR count). The van der Waals surface area contributed by atoms with E-state index in [0.717, 1.165) is 10.2 Å². The number of fused-ring (bicyclic) bond motifs is 1. The lowest BCUT2D eigenvalue weighted by Crippen LogP contribution is -2.47. The number of halogens is 3. The summed E-state index contributed by atoms with van der Waals surface area (Å²) < 4.78 is 39.0. The minimum Gasteiger partial charge on any atom is -0.390 e. The molecule has 0 radical (unpaired) electrons. The fraction of sp³-hybridized carbons (Fsp3) is 0.450. The molecule has 3 unspecified atom stereocenters. The lowest BCUT2D eigenvalue weighted by Gasteiger charge is -2.30. The van der Waals surface area contributed by atoms with E-state index in [1.54, 1.807) is 6.92 Å². The van der Waals surface area contributed by atoms with Crippen molar-refractivity contribution in [2.24, 2.45) is 0 Å². The average Bonchev–Trinajstić information content (AvgIpc) is 3.21. The molecule has 0 bridgehead atoms. The van der Waals surface area contributed by atoms with Gasteiger partial charge in [-0.1, -0.05) is 12.1 Å². The number of aliphatic hydroxyl groups excluding tert-OH is 1. The van der Waals surface area contributed by atoms with E-state index in [1.807, 2.05) is 24.3 Å². The molecule has 1 aliphatic rings. The minimum atomic E-state index is -4.42. The second-order valence-corrected chi connectivity index (χ2v) is 8.86. The molecule has 166 valence electrons. The lowest BCUT2D eigenvalue weighted by atomic mass is 9.98. The van der Waals surface area contributed by atoms with Crippen LogP contribution in [0.25, 0.3) is 20.8 Å². The van der Waals surface area contributed by atoms with Crippen LogP contribution in [0.1, 0.15) is 25.5 Å². The highest BCUT2D eigenvalue weighted by Crippen LogP contribution is 2.39. The first-order valence-corrected chi connectivity index (χ1v) is 10.6. The Labute approximate surface area is 180 Å². The maximum atomic E-state index is 12.7. The number of aromatic nitrogens is 3. The number of hydrogen-bond donors (Lipinski definition) is 4. The van der Waals surface area contributed by atoms with E-state index in [2.05, 4.69) is 25.6 Å². The van der Waals surface area contributed by atoms with E-state index in [0.29, 0.717) is 29.1 Å².